The smallest absolute Gasteiger partial charge is 0.267 e. The zero-order chi connectivity index (χ0) is 21.3. The van der Waals surface area contributed by atoms with Crippen molar-refractivity contribution < 1.29 is 9.59 Å². The molecule has 2 amide bonds. The maximum atomic E-state index is 12.5. The van der Waals surface area contributed by atoms with Crippen molar-refractivity contribution in [2.45, 2.75) is 13.8 Å². The maximum Gasteiger partial charge on any atom is 0.273 e. The molecule has 0 saturated heterocycles. The third-order valence-electron chi connectivity index (χ3n) is 3.99. The number of hydrazone groups is 2. The van der Waals surface area contributed by atoms with Crippen LogP contribution in [-0.4, -0.2) is 39.2 Å². The van der Waals surface area contributed by atoms with Crippen molar-refractivity contribution in [3.8, 4) is 0 Å². The van der Waals surface area contributed by atoms with Gasteiger partial charge in [-0.3, -0.25) is 24.5 Å². The first-order chi connectivity index (χ1) is 14.5. The first kappa shape index (κ1) is 20.5. The van der Waals surface area contributed by atoms with Gasteiger partial charge in [-0.1, -0.05) is 12.1 Å². The van der Waals surface area contributed by atoms with Gasteiger partial charge < -0.3 is 0 Å². The fraction of sp³-hybridized carbons (Fsp3) is 0.0952. The van der Waals surface area contributed by atoms with E-state index in [4.69, 9.17) is 0 Å². The number of amides is 2. The van der Waals surface area contributed by atoms with E-state index in [2.05, 4.69) is 36.0 Å². The fourth-order valence-electron chi connectivity index (χ4n) is 2.52. The highest BCUT2D eigenvalue weighted by atomic mass is 16.2. The zero-order valence-electron chi connectivity index (χ0n) is 16.4. The normalized spacial score (nSPS) is 11.0. The molecule has 0 radical (unpaired) electrons. The van der Waals surface area contributed by atoms with E-state index in [1.165, 1.54) is 18.5 Å². The van der Waals surface area contributed by atoms with Crippen LogP contribution in [0.15, 0.2) is 65.1 Å². The molecule has 0 aliphatic carbocycles. The molecule has 3 rings (SSSR count). The Morgan fingerprint density at radius 3 is 1.67 bits per heavy atom. The van der Waals surface area contributed by atoms with Gasteiger partial charge in [0.25, 0.3) is 11.8 Å². The lowest BCUT2D eigenvalue weighted by Crippen LogP contribution is -2.23. The van der Waals surface area contributed by atoms with Crippen molar-refractivity contribution in [2.75, 3.05) is 0 Å². The Morgan fingerprint density at radius 2 is 1.27 bits per heavy atom. The van der Waals surface area contributed by atoms with Crippen molar-refractivity contribution in [3.05, 3.63) is 88.8 Å². The molecule has 0 saturated carbocycles. The summed E-state index contributed by atoms with van der Waals surface area (Å²) in [7, 11) is 0. The van der Waals surface area contributed by atoms with Gasteiger partial charge in [-0.25, -0.2) is 10.9 Å². The molecular formula is C21H19N7O2. The van der Waals surface area contributed by atoms with Crippen LogP contribution >= 0.6 is 0 Å². The Hall–Kier alpha value is -4.27. The van der Waals surface area contributed by atoms with Crippen LogP contribution in [0.4, 0.5) is 0 Å². The van der Waals surface area contributed by atoms with E-state index in [1.54, 1.807) is 50.5 Å². The molecule has 30 heavy (non-hydrogen) atoms. The molecule has 3 aromatic rings. The van der Waals surface area contributed by atoms with E-state index in [9.17, 15) is 9.59 Å². The minimum absolute atomic E-state index is 0.234. The summed E-state index contributed by atoms with van der Waals surface area (Å²) >= 11 is 0. The van der Waals surface area contributed by atoms with Crippen LogP contribution in [0, 0.1) is 13.8 Å². The van der Waals surface area contributed by atoms with E-state index in [-0.39, 0.29) is 11.1 Å². The standard InChI is InChI=1S/C21H19N7O2/c1-14-18(20(29)27-24-12-16-7-3-5-9-22-16)11-19(15(2)26-14)21(30)28-25-13-17-8-4-6-10-23-17/h3-13H,1-2H3,(H,27,29)(H,28,30)/b24-12-,25-13-. The summed E-state index contributed by atoms with van der Waals surface area (Å²) in [4.78, 5) is 37.4. The molecule has 2 N–H and O–H groups in total. The molecule has 0 unspecified atom stereocenters. The van der Waals surface area contributed by atoms with Gasteiger partial charge >= 0.3 is 0 Å². The summed E-state index contributed by atoms with van der Waals surface area (Å²) in [6.07, 6.45) is 6.10. The van der Waals surface area contributed by atoms with E-state index >= 15 is 0 Å². The second-order valence-electron chi connectivity index (χ2n) is 6.16. The van der Waals surface area contributed by atoms with E-state index in [0.717, 1.165) is 0 Å². The summed E-state index contributed by atoms with van der Waals surface area (Å²) < 4.78 is 0. The van der Waals surface area contributed by atoms with Crippen molar-refractivity contribution in [1.29, 1.82) is 0 Å². The van der Waals surface area contributed by atoms with Gasteiger partial charge in [0, 0.05) is 12.4 Å². The molecule has 3 aromatic heterocycles. The van der Waals surface area contributed by atoms with Crippen molar-refractivity contribution >= 4 is 24.2 Å². The molecule has 0 aliphatic heterocycles. The molecule has 150 valence electrons. The predicted octanol–water partition coefficient (Wildman–Crippen LogP) is 2.02. The third-order valence-corrected chi connectivity index (χ3v) is 3.99. The summed E-state index contributed by atoms with van der Waals surface area (Å²) in [6.45, 7) is 3.37. The van der Waals surface area contributed by atoms with Crippen LogP contribution in [0.5, 0.6) is 0 Å². The summed E-state index contributed by atoms with van der Waals surface area (Å²) in [5.41, 5.74) is 7.46. The number of nitrogens with zero attached hydrogens (tertiary/aromatic N) is 5. The van der Waals surface area contributed by atoms with Crippen LogP contribution in [-0.2, 0) is 0 Å². The van der Waals surface area contributed by atoms with E-state index in [0.29, 0.717) is 22.8 Å². The van der Waals surface area contributed by atoms with E-state index in [1.807, 2.05) is 12.1 Å². The monoisotopic (exact) mass is 401 g/mol. The first-order valence-electron chi connectivity index (χ1n) is 9.01. The van der Waals surface area contributed by atoms with Crippen LogP contribution in [0.2, 0.25) is 0 Å². The number of aromatic nitrogens is 3. The molecular weight excluding hydrogens is 382 g/mol. The largest absolute Gasteiger partial charge is 0.273 e. The molecule has 9 nitrogen and oxygen atoms in total. The van der Waals surface area contributed by atoms with Crippen LogP contribution in [0.3, 0.4) is 0 Å². The average molecular weight is 401 g/mol. The summed E-state index contributed by atoms with van der Waals surface area (Å²) in [5, 5.41) is 7.79. The van der Waals surface area contributed by atoms with Gasteiger partial charge in [0.05, 0.1) is 46.3 Å². The molecule has 0 fully saturated rings. The number of carbonyl (C=O) groups is 2. The summed E-state index contributed by atoms with van der Waals surface area (Å²) in [6, 6.07) is 12.2. The van der Waals surface area contributed by atoms with Crippen molar-refractivity contribution in [3.63, 3.8) is 0 Å². The molecule has 9 heteroatoms. The number of hydrogen-bond acceptors (Lipinski definition) is 7. The van der Waals surface area contributed by atoms with Gasteiger partial charge in [0.15, 0.2) is 0 Å². The summed E-state index contributed by atoms with van der Waals surface area (Å²) in [5.74, 6) is -0.976. The lowest BCUT2D eigenvalue weighted by atomic mass is 10.1. The Bertz CT molecular complexity index is 1010. The van der Waals surface area contributed by atoms with Crippen LogP contribution in [0.1, 0.15) is 43.5 Å². The molecule has 0 bridgehead atoms. The molecule has 0 spiro atoms. The number of carbonyl (C=O) groups excluding carboxylic acids is 2. The molecule has 0 atom stereocenters. The highest BCUT2D eigenvalue weighted by Crippen LogP contribution is 2.13. The number of nitrogens with one attached hydrogen (secondary N) is 2. The van der Waals surface area contributed by atoms with Crippen LogP contribution in [0.25, 0.3) is 0 Å². The number of aryl methyl sites for hydroxylation is 2. The first-order valence-corrected chi connectivity index (χ1v) is 9.01. The minimum atomic E-state index is -0.488. The lowest BCUT2D eigenvalue weighted by molar-refractivity contribution is 0.0954. The third kappa shape index (κ3) is 5.38. The van der Waals surface area contributed by atoms with Gasteiger partial charge in [-0.15, -0.1) is 0 Å². The zero-order valence-corrected chi connectivity index (χ0v) is 16.4. The Balaban J connectivity index is 1.71. The molecule has 0 aliphatic rings. The lowest BCUT2D eigenvalue weighted by Gasteiger charge is -2.09. The fourth-order valence-corrected chi connectivity index (χ4v) is 2.52. The van der Waals surface area contributed by atoms with Crippen molar-refractivity contribution in [1.82, 2.24) is 25.8 Å². The van der Waals surface area contributed by atoms with E-state index < -0.39 is 11.8 Å². The van der Waals surface area contributed by atoms with Gasteiger partial charge in [0.2, 0.25) is 0 Å². The average Bonchev–Trinajstić information content (AvgIpc) is 2.75. The quantitative estimate of drug-likeness (QED) is 0.483. The number of hydrogen-bond donors (Lipinski definition) is 2. The molecule has 0 aromatic carbocycles. The van der Waals surface area contributed by atoms with Gasteiger partial charge in [-0.2, -0.15) is 10.2 Å². The molecule has 3 heterocycles. The Morgan fingerprint density at radius 1 is 0.800 bits per heavy atom. The predicted molar refractivity (Wildman–Crippen MR) is 112 cm³/mol. The van der Waals surface area contributed by atoms with Crippen LogP contribution < -0.4 is 10.9 Å². The SMILES string of the molecule is Cc1nc(C)c(C(=O)N/N=C\c2ccccn2)cc1C(=O)N/N=C\c1ccccn1. The van der Waals surface area contributed by atoms with Gasteiger partial charge in [-0.05, 0) is 44.2 Å². The topological polar surface area (TPSA) is 122 Å². The number of rotatable bonds is 6. The highest BCUT2D eigenvalue weighted by molar-refractivity contribution is 6.01. The maximum absolute atomic E-state index is 12.5. The Kier molecular flexibility index (Phi) is 6.67. The minimum Gasteiger partial charge on any atom is -0.267 e. The highest BCUT2D eigenvalue weighted by Gasteiger charge is 2.17. The second kappa shape index (κ2) is 9.78. The van der Waals surface area contributed by atoms with Gasteiger partial charge in [0.1, 0.15) is 0 Å². The second-order valence-corrected chi connectivity index (χ2v) is 6.16. The van der Waals surface area contributed by atoms with Crippen molar-refractivity contribution in [2.24, 2.45) is 10.2 Å². The number of pyridine rings is 3. The Labute approximate surface area is 173 Å².